The number of benzene rings is 2. The van der Waals surface area contributed by atoms with Crippen molar-refractivity contribution >= 4 is 11.6 Å². The summed E-state index contributed by atoms with van der Waals surface area (Å²) in [6.45, 7) is 0.619. The molecule has 4 rings (SSSR count). The number of rotatable bonds is 4. The van der Waals surface area contributed by atoms with Gasteiger partial charge in [-0.25, -0.2) is 9.67 Å². The van der Waals surface area contributed by atoms with Crippen LogP contribution in [0.4, 0.5) is 0 Å². The SMILES string of the molecule is Clc1ccc(C2(Cn3cncn3)OC2c2ccccc2)cc1. The quantitative estimate of drug-likeness (QED) is 0.691. The molecule has 1 aromatic heterocycles. The van der Waals surface area contributed by atoms with Gasteiger partial charge in [0.1, 0.15) is 24.4 Å². The Kier molecular flexibility index (Phi) is 3.21. The van der Waals surface area contributed by atoms with Gasteiger partial charge in [-0.1, -0.05) is 54.1 Å². The highest BCUT2D eigenvalue weighted by Crippen LogP contribution is 2.57. The number of ether oxygens (including phenoxy) is 1. The van der Waals surface area contributed by atoms with E-state index in [0.717, 1.165) is 16.1 Å². The second-order valence-corrected chi connectivity index (χ2v) is 5.83. The minimum Gasteiger partial charge on any atom is -0.354 e. The summed E-state index contributed by atoms with van der Waals surface area (Å²) in [5.74, 6) is 0. The van der Waals surface area contributed by atoms with Crippen LogP contribution in [-0.2, 0) is 16.9 Å². The fraction of sp³-hybridized carbons (Fsp3) is 0.176. The van der Waals surface area contributed by atoms with Crippen molar-refractivity contribution in [2.24, 2.45) is 0 Å². The molecule has 2 heterocycles. The number of hydrogen-bond donors (Lipinski definition) is 0. The van der Waals surface area contributed by atoms with E-state index in [9.17, 15) is 0 Å². The average molecular weight is 312 g/mol. The normalized spacial score (nSPS) is 23.4. The average Bonchev–Trinajstić information content (AvgIpc) is 3.04. The first-order chi connectivity index (χ1) is 10.8. The number of halogens is 1. The Hall–Kier alpha value is -2.17. The molecule has 0 radical (unpaired) electrons. The summed E-state index contributed by atoms with van der Waals surface area (Å²) >= 11 is 6.01. The van der Waals surface area contributed by atoms with Gasteiger partial charge in [-0.05, 0) is 23.3 Å². The molecule has 3 aromatic rings. The monoisotopic (exact) mass is 311 g/mol. The Bertz CT molecular complexity index is 758. The van der Waals surface area contributed by atoms with Crippen LogP contribution < -0.4 is 0 Å². The van der Waals surface area contributed by atoms with Crippen LogP contribution in [-0.4, -0.2) is 14.8 Å². The van der Waals surface area contributed by atoms with Gasteiger partial charge in [0.15, 0.2) is 0 Å². The Morgan fingerprint density at radius 1 is 1.09 bits per heavy atom. The Balaban J connectivity index is 1.72. The van der Waals surface area contributed by atoms with Gasteiger partial charge in [0.25, 0.3) is 0 Å². The first-order valence-electron chi connectivity index (χ1n) is 7.09. The molecule has 0 amide bonds. The largest absolute Gasteiger partial charge is 0.354 e. The van der Waals surface area contributed by atoms with E-state index in [-0.39, 0.29) is 6.10 Å². The van der Waals surface area contributed by atoms with Gasteiger partial charge >= 0.3 is 0 Å². The van der Waals surface area contributed by atoms with Crippen molar-refractivity contribution in [3.8, 4) is 0 Å². The van der Waals surface area contributed by atoms with Crippen LogP contribution in [0.5, 0.6) is 0 Å². The van der Waals surface area contributed by atoms with Crippen LogP contribution in [0, 0.1) is 0 Å². The van der Waals surface area contributed by atoms with E-state index in [1.165, 1.54) is 6.33 Å². The second kappa shape index (κ2) is 5.23. The molecule has 1 fully saturated rings. The minimum absolute atomic E-state index is 0.0130. The summed E-state index contributed by atoms with van der Waals surface area (Å²) in [6.07, 6.45) is 3.26. The van der Waals surface area contributed by atoms with Gasteiger partial charge in [0.2, 0.25) is 0 Å². The molecule has 110 valence electrons. The highest BCUT2D eigenvalue weighted by Gasteiger charge is 2.58. The lowest BCUT2D eigenvalue weighted by Gasteiger charge is -2.14. The maximum atomic E-state index is 6.16. The van der Waals surface area contributed by atoms with E-state index in [0.29, 0.717) is 6.54 Å². The van der Waals surface area contributed by atoms with Crippen LogP contribution >= 0.6 is 11.6 Å². The molecule has 4 nitrogen and oxygen atoms in total. The molecular weight excluding hydrogens is 298 g/mol. The summed E-state index contributed by atoms with van der Waals surface area (Å²) < 4.78 is 7.96. The molecule has 2 aromatic carbocycles. The Morgan fingerprint density at radius 3 is 2.55 bits per heavy atom. The lowest BCUT2D eigenvalue weighted by Crippen LogP contribution is -2.19. The Labute approximate surface area is 133 Å². The van der Waals surface area contributed by atoms with Crippen molar-refractivity contribution in [3.63, 3.8) is 0 Å². The molecule has 1 aliphatic heterocycles. The molecule has 2 unspecified atom stereocenters. The second-order valence-electron chi connectivity index (χ2n) is 5.40. The topological polar surface area (TPSA) is 43.2 Å². The summed E-state index contributed by atoms with van der Waals surface area (Å²) in [4.78, 5) is 4.01. The zero-order valence-corrected chi connectivity index (χ0v) is 12.5. The van der Waals surface area contributed by atoms with Gasteiger partial charge in [0, 0.05) is 5.02 Å². The smallest absolute Gasteiger partial charge is 0.144 e. The van der Waals surface area contributed by atoms with Gasteiger partial charge in [0.05, 0.1) is 6.54 Å². The molecule has 0 bridgehead atoms. The van der Waals surface area contributed by atoms with E-state index < -0.39 is 5.60 Å². The van der Waals surface area contributed by atoms with Crippen molar-refractivity contribution in [2.45, 2.75) is 18.2 Å². The first kappa shape index (κ1) is 13.5. The summed E-state index contributed by atoms with van der Waals surface area (Å²) in [7, 11) is 0. The number of aromatic nitrogens is 3. The minimum atomic E-state index is -0.417. The standard InChI is InChI=1S/C17H14ClN3O/c18-15-8-6-14(7-9-15)17(10-21-12-19-11-20-21)16(22-17)13-4-2-1-3-5-13/h1-9,11-12,16H,10H2. The maximum absolute atomic E-state index is 6.16. The van der Waals surface area contributed by atoms with E-state index in [2.05, 4.69) is 22.2 Å². The maximum Gasteiger partial charge on any atom is 0.144 e. The predicted molar refractivity (Wildman–Crippen MR) is 83.4 cm³/mol. The molecule has 1 saturated heterocycles. The fourth-order valence-electron chi connectivity index (χ4n) is 2.86. The highest BCUT2D eigenvalue weighted by atomic mass is 35.5. The van der Waals surface area contributed by atoms with Crippen molar-refractivity contribution in [1.82, 2.24) is 14.8 Å². The first-order valence-corrected chi connectivity index (χ1v) is 7.47. The van der Waals surface area contributed by atoms with E-state index in [1.807, 2.05) is 42.5 Å². The van der Waals surface area contributed by atoms with Crippen LogP contribution in [0.2, 0.25) is 5.02 Å². The third-order valence-electron chi connectivity index (χ3n) is 3.99. The summed E-state index contributed by atoms with van der Waals surface area (Å²) in [6, 6.07) is 18.1. The van der Waals surface area contributed by atoms with Crippen molar-refractivity contribution < 1.29 is 4.74 Å². The van der Waals surface area contributed by atoms with Gasteiger partial charge < -0.3 is 4.74 Å². The van der Waals surface area contributed by atoms with Crippen LogP contribution in [0.25, 0.3) is 0 Å². The molecule has 22 heavy (non-hydrogen) atoms. The fourth-order valence-corrected chi connectivity index (χ4v) is 2.99. The molecule has 5 heteroatoms. The Morgan fingerprint density at radius 2 is 1.86 bits per heavy atom. The van der Waals surface area contributed by atoms with Gasteiger partial charge in [-0.2, -0.15) is 5.10 Å². The molecule has 2 atom stereocenters. The zero-order chi connectivity index (χ0) is 15.0. The number of epoxide rings is 1. The number of hydrogen-bond acceptors (Lipinski definition) is 3. The molecule has 0 saturated carbocycles. The molecule has 0 spiro atoms. The summed E-state index contributed by atoms with van der Waals surface area (Å²) in [5.41, 5.74) is 1.85. The lowest BCUT2D eigenvalue weighted by molar-refractivity contribution is 0.262. The molecule has 0 N–H and O–H groups in total. The lowest BCUT2D eigenvalue weighted by atomic mass is 9.91. The third-order valence-corrected chi connectivity index (χ3v) is 4.25. The van der Waals surface area contributed by atoms with Crippen molar-refractivity contribution in [1.29, 1.82) is 0 Å². The van der Waals surface area contributed by atoms with Crippen LogP contribution in [0.15, 0.2) is 67.3 Å². The van der Waals surface area contributed by atoms with Crippen LogP contribution in [0.1, 0.15) is 17.2 Å². The van der Waals surface area contributed by atoms with Crippen molar-refractivity contribution in [2.75, 3.05) is 0 Å². The van der Waals surface area contributed by atoms with Gasteiger partial charge in [-0.15, -0.1) is 0 Å². The van der Waals surface area contributed by atoms with Crippen LogP contribution in [0.3, 0.4) is 0 Å². The number of nitrogens with zero attached hydrogens (tertiary/aromatic N) is 3. The van der Waals surface area contributed by atoms with E-state index in [4.69, 9.17) is 16.3 Å². The van der Waals surface area contributed by atoms with Gasteiger partial charge in [-0.3, -0.25) is 0 Å². The zero-order valence-electron chi connectivity index (χ0n) is 11.8. The van der Waals surface area contributed by atoms with Crippen molar-refractivity contribution in [3.05, 3.63) is 83.4 Å². The van der Waals surface area contributed by atoms with E-state index >= 15 is 0 Å². The highest BCUT2D eigenvalue weighted by molar-refractivity contribution is 6.30. The van der Waals surface area contributed by atoms with E-state index in [1.54, 1.807) is 11.0 Å². The third kappa shape index (κ3) is 2.30. The summed E-state index contributed by atoms with van der Waals surface area (Å²) in [5, 5.41) is 4.93. The predicted octanol–water partition coefficient (Wildman–Crippen LogP) is 3.60. The molecular formula is C17H14ClN3O. The molecule has 1 aliphatic rings. The molecule has 0 aliphatic carbocycles.